The van der Waals surface area contributed by atoms with Gasteiger partial charge in [-0.1, -0.05) is 19.4 Å². The van der Waals surface area contributed by atoms with Crippen LogP contribution in [0.15, 0.2) is 24.3 Å². The molecule has 0 bridgehead atoms. The molecular weight excluding hydrogens is 410 g/mol. The molecule has 2 aliphatic heterocycles. The van der Waals surface area contributed by atoms with Crippen LogP contribution in [0.5, 0.6) is 5.75 Å². The number of piperazine rings is 1. The minimum absolute atomic E-state index is 0.0644. The molecule has 1 amide bonds. The van der Waals surface area contributed by atoms with E-state index in [9.17, 15) is 13.2 Å². The van der Waals surface area contributed by atoms with Gasteiger partial charge in [0.1, 0.15) is 5.75 Å². The van der Waals surface area contributed by atoms with Crippen molar-refractivity contribution in [2.45, 2.75) is 31.4 Å². The molecule has 2 saturated heterocycles. The number of hydrogen-bond acceptors (Lipinski definition) is 7. The van der Waals surface area contributed by atoms with Gasteiger partial charge in [0.2, 0.25) is 15.9 Å². The van der Waals surface area contributed by atoms with Crippen LogP contribution in [0.3, 0.4) is 0 Å². The fraction of sp³-hybridized carbons (Fsp3) is 0.650. The van der Waals surface area contributed by atoms with Gasteiger partial charge in [-0.25, -0.2) is 13.9 Å². The largest absolute Gasteiger partial charge is 0.494 e. The Hall–Kier alpha value is -1.88. The average molecular weight is 442 g/mol. The summed E-state index contributed by atoms with van der Waals surface area (Å²) in [7, 11) is -3.59. The van der Waals surface area contributed by atoms with E-state index >= 15 is 0 Å². The highest BCUT2D eigenvalue weighted by Gasteiger charge is 2.39. The lowest BCUT2D eigenvalue weighted by molar-refractivity contribution is -0.137. The number of carbonyl (C=O) groups excluding carboxylic acids is 1. The Morgan fingerprint density at radius 1 is 1.27 bits per heavy atom. The maximum Gasteiger partial charge on any atom is 0.248 e. The van der Waals surface area contributed by atoms with E-state index in [1.165, 1.54) is 4.31 Å². The van der Waals surface area contributed by atoms with Crippen molar-refractivity contribution in [1.82, 2.24) is 9.79 Å². The van der Waals surface area contributed by atoms with E-state index in [0.717, 1.165) is 24.3 Å². The van der Waals surface area contributed by atoms with E-state index in [4.69, 9.17) is 14.7 Å². The van der Waals surface area contributed by atoms with Crippen molar-refractivity contribution in [1.29, 1.82) is 0 Å². The van der Waals surface area contributed by atoms with Crippen LogP contribution in [0, 0.1) is 5.92 Å². The molecule has 2 fully saturated rings. The SMILES string of the molecule is CCCCOc1cccc(N2CCN(S(=O)(=O)C3COCC(C(=O)NO)C3)CC2)c1. The highest BCUT2D eigenvalue weighted by Crippen LogP contribution is 2.26. The first-order chi connectivity index (χ1) is 14.5. The zero-order valence-electron chi connectivity index (χ0n) is 17.3. The molecule has 0 saturated carbocycles. The first kappa shape index (κ1) is 22.8. The number of anilines is 1. The van der Waals surface area contributed by atoms with Gasteiger partial charge in [-0.05, 0) is 25.0 Å². The van der Waals surface area contributed by atoms with Crippen molar-refractivity contribution in [3.8, 4) is 5.75 Å². The predicted octanol–water partition coefficient (Wildman–Crippen LogP) is 1.23. The molecule has 30 heavy (non-hydrogen) atoms. The summed E-state index contributed by atoms with van der Waals surface area (Å²) < 4.78 is 38.7. The number of unbranched alkanes of at least 4 members (excludes halogenated alkanes) is 1. The summed E-state index contributed by atoms with van der Waals surface area (Å²) in [5.74, 6) is -0.454. The van der Waals surface area contributed by atoms with E-state index < -0.39 is 27.1 Å². The number of hydrogen-bond donors (Lipinski definition) is 2. The number of ether oxygens (including phenoxy) is 2. The molecule has 2 atom stereocenters. The van der Waals surface area contributed by atoms with Crippen molar-refractivity contribution in [3.63, 3.8) is 0 Å². The van der Waals surface area contributed by atoms with Gasteiger partial charge in [-0.15, -0.1) is 0 Å². The molecular formula is C20H31N3O6S. The van der Waals surface area contributed by atoms with Crippen molar-refractivity contribution in [2.24, 2.45) is 5.92 Å². The summed E-state index contributed by atoms with van der Waals surface area (Å²) in [5, 5.41) is 8.03. The van der Waals surface area contributed by atoms with Gasteiger partial charge in [-0.2, -0.15) is 4.31 Å². The van der Waals surface area contributed by atoms with Crippen molar-refractivity contribution in [3.05, 3.63) is 24.3 Å². The van der Waals surface area contributed by atoms with Crippen LogP contribution in [0.4, 0.5) is 5.69 Å². The fourth-order valence-electron chi connectivity index (χ4n) is 3.79. The van der Waals surface area contributed by atoms with Gasteiger partial charge in [0.05, 0.1) is 31.0 Å². The van der Waals surface area contributed by atoms with Crippen LogP contribution in [0.25, 0.3) is 0 Å². The number of nitrogens with zero attached hydrogens (tertiary/aromatic N) is 2. The standard InChI is InChI=1S/C20H31N3O6S/c1-2-3-11-29-18-6-4-5-17(13-18)22-7-9-23(10-8-22)30(26,27)19-12-16(14-28-15-19)20(24)21-25/h4-6,13,16,19,25H,2-3,7-12,14-15H2,1H3,(H,21,24). The quantitative estimate of drug-likeness (QED) is 0.355. The molecule has 2 heterocycles. The smallest absolute Gasteiger partial charge is 0.248 e. The summed E-state index contributed by atoms with van der Waals surface area (Å²) in [6, 6.07) is 7.88. The Morgan fingerprint density at radius 2 is 2.03 bits per heavy atom. The maximum absolute atomic E-state index is 13.1. The van der Waals surface area contributed by atoms with Crippen LogP contribution < -0.4 is 15.1 Å². The number of amides is 1. The van der Waals surface area contributed by atoms with Crippen LogP contribution in [0.1, 0.15) is 26.2 Å². The van der Waals surface area contributed by atoms with Gasteiger partial charge in [-0.3, -0.25) is 10.0 Å². The van der Waals surface area contributed by atoms with Crippen molar-refractivity contribution < 1.29 is 27.9 Å². The second kappa shape index (κ2) is 10.4. The molecule has 2 aliphatic rings. The zero-order chi connectivity index (χ0) is 21.6. The third-order valence-electron chi connectivity index (χ3n) is 5.62. The topological polar surface area (TPSA) is 108 Å². The summed E-state index contributed by atoms with van der Waals surface area (Å²) >= 11 is 0. The number of hydroxylamine groups is 1. The van der Waals surface area contributed by atoms with Gasteiger partial charge >= 0.3 is 0 Å². The predicted molar refractivity (Wildman–Crippen MR) is 112 cm³/mol. The lowest BCUT2D eigenvalue weighted by Crippen LogP contribution is -2.53. The zero-order valence-corrected chi connectivity index (χ0v) is 18.1. The summed E-state index contributed by atoms with van der Waals surface area (Å²) in [6.07, 6.45) is 2.23. The number of sulfonamides is 1. The number of rotatable bonds is 8. The molecule has 2 N–H and O–H groups in total. The maximum atomic E-state index is 13.1. The van der Waals surface area contributed by atoms with Crippen LogP contribution >= 0.6 is 0 Å². The van der Waals surface area contributed by atoms with Gasteiger partial charge in [0.25, 0.3) is 0 Å². The molecule has 3 rings (SSSR count). The molecule has 168 valence electrons. The summed E-state index contributed by atoms with van der Waals surface area (Å²) in [6.45, 7) is 4.88. The van der Waals surface area contributed by atoms with E-state index in [1.54, 1.807) is 5.48 Å². The van der Waals surface area contributed by atoms with Gasteiger partial charge < -0.3 is 14.4 Å². The lowest BCUT2D eigenvalue weighted by atomic mass is 10.0. The average Bonchev–Trinajstić information content (AvgIpc) is 2.79. The monoisotopic (exact) mass is 441 g/mol. The van der Waals surface area contributed by atoms with E-state index in [0.29, 0.717) is 32.8 Å². The van der Waals surface area contributed by atoms with Crippen LogP contribution in [-0.4, -0.2) is 75.1 Å². The third-order valence-corrected chi connectivity index (χ3v) is 7.88. The molecule has 0 spiro atoms. The first-order valence-electron chi connectivity index (χ1n) is 10.4. The van der Waals surface area contributed by atoms with Crippen molar-refractivity contribution >= 4 is 21.6 Å². The van der Waals surface area contributed by atoms with Gasteiger partial charge in [0, 0.05) is 37.9 Å². The fourth-order valence-corrected chi connectivity index (χ4v) is 5.63. The Bertz CT molecular complexity index is 811. The summed E-state index contributed by atoms with van der Waals surface area (Å²) in [5.41, 5.74) is 2.60. The minimum Gasteiger partial charge on any atom is -0.494 e. The summed E-state index contributed by atoms with van der Waals surface area (Å²) in [4.78, 5) is 13.8. The molecule has 0 aliphatic carbocycles. The molecule has 1 aromatic rings. The second-order valence-corrected chi connectivity index (χ2v) is 9.91. The Labute approximate surface area is 177 Å². The van der Waals surface area contributed by atoms with E-state index in [1.807, 2.05) is 24.3 Å². The Morgan fingerprint density at radius 3 is 2.73 bits per heavy atom. The molecule has 10 heteroatoms. The number of benzene rings is 1. The Kier molecular flexibility index (Phi) is 7.93. The molecule has 1 aromatic carbocycles. The lowest BCUT2D eigenvalue weighted by Gasteiger charge is -2.38. The van der Waals surface area contributed by atoms with E-state index in [2.05, 4.69) is 11.8 Å². The Balaban J connectivity index is 1.58. The first-order valence-corrected chi connectivity index (χ1v) is 11.9. The normalized spacial score (nSPS) is 23.2. The molecule has 2 unspecified atom stereocenters. The minimum atomic E-state index is -3.59. The molecule has 0 radical (unpaired) electrons. The molecule has 0 aromatic heterocycles. The number of nitrogens with one attached hydrogen (secondary N) is 1. The van der Waals surface area contributed by atoms with Crippen LogP contribution in [-0.2, 0) is 19.6 Å². The van der Waals surface area contributed by atoms with Crippen LogP contribution in [0.2, 0.25) is 0 Å². The highest BCUT2D eigenvalue weighted by atomic mass is 32.2. The number of carbonyl (C=O) groups is 1. The van der Waals surface area contributed by atoms with Gasteiger partial charge in [0.15, 0.2) is 0 Å². The van der Waals surface area contributed by atoms with Crippen molar-refractivity contribution in [2.75, 3.05) is 50.9 Å². The second-order valence-electron chi connectivity index (χ2n) is 7.70. The highest BCUT2D eigenvalue weighted by molar-refractivity contribution is 7.89. The van der Waals surface area contributed by atoms with E-state index in [-0.39, 0.29) is 19.6 Å². The molecule has 9 nitrogen and oxygen atoms in total. The third kappa shape index (κ3) is 5.42.